The van der Waals surface area contributed by atoms with E-state index in [1.54, 1.807) is 12.4 Å². The summed E-state index contributed by atoms with van der Waals surface area (Å²) in [5.74, 6) is 0.725. The summed E-state index contributed by atoms with van der Waals surface area (Å²) in [4.78, 5) is 18.1. The zero-order chi connectivity index (χ0) is 13.2. The number of pyridine rings is 1. The van der Waals surface area contributed by atoms with E-state index in [4.69, 9.17) is 0 Å². The second-order valence-corrected chi connectivity index (χ2v) is 5.90. The Morgan fingerprint density at radius 3 is 2.79 bits per heavy atom. The Morgan fingerprint density at radius 2 is 2.16 bits per heavy atom. The van der Waals surface area contributed by atoms with Gasteiger partial charge in [0.25, 0.3) is 5.91 Å². The first-order valence-corrected chi connectivity index (χ1v) is 7.14. The van der Waals surface area contributed by atoms with Crippen LogP contribution in [0.1, 0.15) is 36.0 Å². The molecule has 0 aliphatic carbocycles. The summed E-state index contributed by atoms with van der Waals surface area (Å²) in [6.07, 6.45) is 8.37. The van der Waals surface area contributed by atoms with Gasteiger partial charge in [-0.3, -0.25) is 9.78 Å². The number of nitrogens with one attached hydrogen (secondary N) is 1. The van der Waals surface area contributed by atoms with Gasteiger partial charge < -0.3 is 10.2 Å². The van der Waals surface area contributed by atoms with E-state index in [1.165, 1.54) is 25.7 Å². The van der Waals surface area contributed by atoms with Crippen molar-refractivity contribution in [3.8, 4) is 0 Å². The zero-order valence-electron chi connectivity index (χ0n) is 11.4. The Morgan fingerprint density at radius 1 is 1.42 bits per heavy atom. The van der Waals surface area contributed by atoms with Gasteiger partial charge in [-0.1, -0.05) is 0 Å². The summed E-state index contributed by atoms with van der Waals surface area (Å²) < 4.78 is 0. The molecule has 2 aliphatic heterocycles. The highest BCUT2D eigenvalue weighted by atomic mass is 16.2. The third kappa shape index (κ3) is 2.78. The van der Waals surface area contributed by atoms with E-state index >= 15 is 0 Å². The highest BCUT2D eigenvalue weighted by Gasteiger charge is 2.34. The standard InChI is InChI=1S/C15H21N3O/c1-18(15(19)12-3-2-6-16-9-12)10-11-7-13-4-5-14(8-11)17-13/h2-3,6,9,11,13-14,17H,4-5,7-8,10H2,1H3. The number of rotatable bonds is 3. The molecule has 0 aromatic carbocycles. The van der Waals surface area contributed by atoms with Crippen molar-refractivity contribution in [1.29, 1.82) is 0 Å². The van der Waals surface area contributed by atoms with Crippen LogP contribution in [0.4, 0.5) is 0 Å². The maximum atomic E-state index is 12.3. The summed E-state index contributed by atoms with van der Waals surface area (Å²) in [6.45, 7) is 0.863. The van der Waals surface area contributed by atoms with Crippen LogP contribution in [0.3, 0.4) is 0 Å². The van der Waals surface area contributed by atoms with Crippen molar-refractivity contribution in [3.63, 3.8) is 0 Å². The maximum Gasteiger partial charge on any atom is 0.255 e. The van der Waals surface area contributed by atoms with Crippen molar-refractivity contribution in [3.05, 3.63) is 30.1 Å². The summed E-state index contributed by atoms with van der Waals surface area (Å²) in [5, 5.41) is 3.64. The van der Waals surface area contributed by atoms with E-state index in [9.17, 15) is 4.79 Å². The SMILES string of the molecule is CN(CC1CC2CCC(C1)N2)C(=O)c1cccnc1. The number of piperidine rings is 1. The lowest BCUT2D eigenvalue weighted by Gasteiger charge is -2.32. The van der Waals surface area contributed by atoms with Crippen LogP contribution in [0.25, 0.3) is 0 Å². The average molecular weight is 259 g/mol. The molecule has 1 N–H and O–H groups in total. The van der Waals surface area contributed by atoms with Gasteiger partial charge in [0.2, 0.25) is 0 Å². The van der Waals surface area contributed by atoms with Crippen LogP contribution in [0.2, 0.25) is 0 Å². The fraction of sp³-hybridized carbons (Fsp3) is 0.600. The molecule has 2 aliphatic rings. The van der Waals surface area contributed by atoms with Crippen LogP contribution in [-0.4, -0.2) is 41.5 Å². The van der Waals surface area contributed by atoms with E-state index in [0.717, 1.165) is 6.54 Å². The number of carbonyl (C=O) groups excluding carboxylic acids is 1. The fourth-order valence-corrected chi connectivity index (χ4v) is 3.50. The molecule has 102 valence electrons. The molecule has 0 spiro atoms. The molecule has 2 unspecified atom stereocenters. The average Bonchev–Trinajstić information content (AvgIpc) is 2.78. The Balaban J connectivity index is 1.59. The molecule has 2 bridgehead atoms. The molecule has 1 aromatic heterocycles. The summed E-state index contributed by atoms with van der Waals surface area (Å²) >= 11 is 0. The highest BCUT2D eigenvalue weighted by molar-refractivity contribution is 5.93. The molecule has 19 heavy (non-hydrogen) atoms. The minimum absolute atomic E-state index is 0.0824. The first-order valence-electron chi connectivity index (χ1n) is 7.14. The minimum atomic E-state index is 0.0824. The summed E-state index contributed by atoms with van der Waals surface area (Å²) in [7, 11) is 1.90. The predicted molar refractivity (Wildman–Crippen MR) is 73.9 cm³/mol. The smallest absolute Gasteiger partial charge is 0.255 e. The van der Waals surface area contributed by atoms with Crippen LogP contribution in [0.5, 0.6) is 0 Å². The van der Waals surface area contributed by atoms with Crippen LogP contribution < -0.4 is 5.32 Å². The monoisotopic (exact) mass is 259 g/mol. The van der Waals surface area contributed by atoms with Crippen molar-refractivity contribution in [2.45, 2.75) is 37.8 Å². The molecule has 2 fully saturated rings. The quantitative estimate of drug-likeness (QED) is 0.898. The Hall–Kier alpha value is -1.42. The third-order valence-electron chi connectivity index (χ3n) is 4.36. The second kappa shape index (κ2) is 5.29. The van der Waals surface area contributed by atoms with Gasteiger partial charge in [0.15, 0.2) is 0 Å². The number of hydrogen-bond donors (Lipinski definition) is 1. The molecular weight excluding hydrogens is 238 g/mol. The van der Waals surface area contributed by atoms with Gasteiger partial charge in [0.05, 0.1) is 5.56 Å². The van der Waals surface area contributed by atoms with Gasteiger partial charge in [0.1, 0.15) is 0 Å². The van der Waals surface area contributed by atoms with Crippen molar-refractivity contribution in [2.24, 2.45) is 5.92 Å². The number of aromatic nitrogens is 1. The number of nitrogens with zero attached hydrogens (tertiary/aromatic N) is 2. The lowest BCUT2D eigenvalue weighted by Crippen LogP contribution is -2.42. The van der Waals surface area contributed by atoms with Crippen molar-refractivity contribution in [1.82, 2.24) is 15.2 Å². The normalized spacial score (nSPS) is 29.2. The van der Waals surface area contributed by atoms with Gasteiger partial charge in [-0.15, -0.1) is 0 Å². The number of amides is 1. The third-order valence-corrected chi connectivity index (χ3v) is 4.36. The highest BCUT2D eigenvalue weighted by Crippen LogP contribution is 2.31. The number of hydrogen-bond acceptors (Lipinski definition) is 3. The lowest BCUT2D eigenvalue weighted by atomic mass is 9.92. The minimum Gasteiger partial charge on any atom is -0.341 e. The molecular formula is C15H21N3O. The first-order chi connectivity index (χ1) is 9.22. The first kappa shape index (κ1) is 12.6. The summed E-state index contributed by atoms with van der Waals surface area (Å²) in [5.41, 5.74) is 0.682. The molecule has 1 aromatic rings. The van der Waals surface area contributed by atoms with Crippen molar-refractivity contribution in [2.75, 3.05) is 13.6 Å². The van der Waals surface area contributed by atoms with E-state index < -0.39 is 0 Å². The zero-order valence-corrected chi connectivity index (χ0v) is 11.4. The van der Waals surface area contributed by atoms with Gasteiger partial charge in [-0.05, 0) is 43.7 Å². The lowest BCUT2D eigenvalue weighted by molar-refractivity contribution is 0.0754. The maximum absolute atomic E-state index is 12.3. The summed E-state index contributed by atoms with van der Waals surface area (Å²) in [6, 6.07) is 5.01. The molecule has 4 heteroatoms. The predicted octanol–water partition coefficient (Wildman–Crippen LogP) is 1.68. The number of fused-ring (bicyclic) bond motifs is 2. The van der Waals surface area contributed by atoms with Gasteiger partial charge >= 0.3 is 0 Å². The fourth-order valence-electron chi connectivity index (χ4n) is 3.50. The second-order valence-electron chi connectivity index (χ2n) is 5.90. The van der Waals surface area contributed by atoms with Crippen LogP contribution >= 0.6 is 0 Å². The van der Waals surface area contributed by atoms with E-state index in [1.807, 2.05) is 24.1 Å². The molecule has 2 atom stereocenters. The molecule has 3 heterocycles. The van der Waals surface area contributed by atoms with Gasteiger partial charge in [-0.2, -0.15) is 0 Å². The molecule has 4 nitrogen and oxygen atoms in total. The topological polar surface area (TPSA) is 45.2 Å². The van der Waals surface area contributed by atoms with Gasteiger partial charge in [0, 0.05) is 38.1 Å². The largest absolute Gasteiger partial charge is 0.341 e. The van der Waals surface area contributed by atoms with E-state index in [2.05, 4.69) is 10.3 Å². The van der Waals surface area contributed by atoms with E-state index in [-0.39, 0.29) is 5.91 Å². The molecule has 1 amide bonds. The van der Waals surface area contributed by atoms with Crippen molar-refractivity contribution >= 4 is 5.91 Å². The Bertz CT molecular complexity index is 436. The van der Waals surface area contributed by atoms with Crippen LogP contribution in [0.15, 0.2) is 24.5 Å². The molecule has 0 saturated carbocycles. The molecule has 3 rings (SSSR count). The van der Waals surface area contributed by atoms with Crippen LogP contribution in [0, 0.1) is 5.92 Å². The van der Waals surface area contributed by atoms with Crippen LogP contribution in [-0.2, 0) is 0 Å². The molecule has 2 saturated heterocycles. The van der Waals surface area contributed by atoms with Gasteiger partial charge in [-0.25, -0.2) is 0 Å². The Labute approximate surface area is 114 Å². The van der Waals surface area contributed by atoms with Crippen molar-refractivity contribution < 1.29 is 4.79 Å². The van der Waals surface area contributed by atoms with E-state index in [0.29, 0.717) is 23.6 Å². The molecule has 0 radical (unpaired) electrons. The number of carbonyl (C=O) groups is 1. The Kier molecular flexibility index (Phi) is 3.51.